The molecule has 11 nitrogen and oxygen atoms in total. The number of aliphatic hydroxyl groups excluding tert-OH is 1. The van der Waals surface area contributed by atoms with E-state index >= 15 is 0 Å². The van der Waals surface area contributed by atoms with Crippen LogP contribution in [0.15, 0.2) is 0 Å². The van der Waals surface area contributed by atoms with Crippen molar-refractivity contribution in [1.29, 1.82) is 0 Å². The highest BCUT2D eigenvalue weighted by molar-refractivity contribution is 7.80. The van der Waals surface area contributed by atoms with Crippen LogP contribution >= 0.6 is 0 Å². The van der Waals surface area contributed by atoms with Crippen molar-refractivity contribution in [3.05, 3.63) is 0 Å². The molecule has 13 heteroatoms. The number of aliphatic hydroxyl groups is 1. The Morgan fingerprint density at radius 3 is 1.00 bits per heavy atom. The molecule has 0 atom stereocenters. The maximum absolute atomic E-state index is 8.74. The molecule has 0 aromatic carbocycles. The third kappa shape index (κ3) is 1100. The first-order chi connectivity index (χ1) is 6.41. The Kier molecular flexibility index (Phi) is 27.6. The summed E-state index contributed by atoms with van der Waals surface area (Å²) >= 11 is 0. The van der Waals surface area contributed by atoms with Gasteiger partial charge >= 0.3 is 20.8 Å². The van der Waals surface area contributed by atoms with E-state index in [-0.39, 0.29) is 12.3 Å². The fraction of sp³-hybridized carbons (Fsp3) is 1.00. The predicted octanol–water partition coefficient (Wildman–Crippen LogP) is -0.203. The van der Waals surface area contributed by atoms with Gasteiger partial charge in [0, 0.05) is 6.61 Å². The molecular formula is C4H20N2O9S2. The van der Waals surface area contributed by atoms with Gasteiger partial charge in [0.2, 0.25) is 0 Å². The van der Waals surface area contributed by atoms with Crippen LogP contribution in [0.1, 0.15) is 19.8 Å². The number of rotatable bonds is 2. The summed E-state index contributed by atoms with van der Waals surface area (Å²) in [6.45, 7) is 2.40. The van der Waals surface area contributed by atoms with Crippen LogP contribution in [0.5, 0.6) is 0 Å². The summed E-state index contributed by atoms with van der Waals surface area (Å²) < 4.78 is 63.2. The van der Waals surface area contributed by atoms with E-state index in [1.54, 1.807) is 0 Å². The predicted molar refractivity (Wildman–Crippen MR) is 60.4 cm³/mol. The summed E-state index contributed by atoms with van der Waals surface area (Å²) in [4.78, 5) is 0. The lowest BCUT2D eigenvalue weighted by molar-refractivity contribution is 0.287. The Morgan fingerprint density at radius 1 is 0.824 bits per heavy atom. The lowest BCUT2D eigenvalue weighted by atomic mass is 10.4. The lowest BCUT2D eigenvalue weighted by Gasteiger charge is -1.79. The van der Waals surface area contributed by atoms with Crippen molar-refractivity contribution < 1.29 is 40.2 Å². The second kappa shape index (κ2) is 15.6. The zero-order valence-electron chi connectivity index (χ0n) is 9.22. The topological polar surface area (TPSA) is 239 Å². The molecule has 0 unspecified atom stereocenters. The molecule has 0 aromatic heterocycles. The van der Waals surface area contributed by atoms with E-state index in [1.165, 1.54) is 0 Å². The quantitative estimate of drug-likeness (QED) is 0.329. The van der Waals surface area contributed by atoms with Gasteiger partial charge < -0.3 is 17.4 Å². The SMILES string of the molecule is CCCCO.N.N.O=S(=O)(O)O.O=S(=O)(O)O. The van der Waals surface area contributed by atoms with Gasteiger partial charge in [0.15, 0.2) is 0 Å². The van der Waals surface area contributed by atoms with Gasteiger partial charge in [-0.25, -0.2) is 0 Å². The molecule has 0 aliphatic carbocycles. The molecule has 112 valence electrons. The molecule has 17 heavy (non-hydrogen) atoms. The molecule has 0 saturated heterocycles. The maximum atomic E-state index is 8.74. The summed E-state index contributed by atoms with van der Waals surface area (Å²) in [5.41, 5.74) is 0. The molecule has 0 heterocycles. The average Bonchev–Trinajstić information content (AvgIpc) is 1.80. The van der Waals surface area contributed by atoms with E-state index in [9.17, 15) is 0 Å². The smallest absolute Gasteiger partial charge is 0.394 e. The first-order valence-corrected chi connectivity index (χ1v) is 6.21. The second-order valence-corrected chi connectivity index (χ2v) is 3.76. The highest BCUT2D eigenvalue weighted by atomic mass is 32.3. The zero-order chi connectivity index (χ0) is 13.1. The standard InChI is InChI=1S/C4H10O.2H3N.2H2O4S/c1-2-3-4-5;;;2*1-5(2,3)4/h5H,2-4H2,1H3;2*1H3;2*(H2,1,2,3,4). The largest absolute Gasteiger partial charge is 0.396 e. The average molecular weight is 304 g/mol. The Bertz CT molecular complexity index is 262. The van der Waals surface area contributed by atoms with Crippen LogP contribution in [0.3, 0.4) is 0 Å². The van der Waals surface area contributed by atoms with E-state index in [2.05, 4.69) is 6.92 Å². The highest BCUT2D eigenvalue weighted by Gasteiger charge is 1.85. The van der Waals surface area contributed by atoms with Crippen molar-refractivity contribution in [3.63, 3.8) is 0 Å². The lowest BCUT2D eigenvalue weighted by Crippen LogP contribution is -1.89. The summed E-state index contributed by atoms with van der Waals surface area (Å²) in [6.07, 6.45) is 2.04. The van der Waals surface area contributed by atoms with Gasteiger partial charge in [-0.3, -0.25) is 18.2 Å². The monoisotopic (exact) mass is 304 g/mol. The van der Waals surface area contributed by atoms with Crippen LogP contribution < -0.4 is 12.3 Å². The van der Waals surface area contributed by atoms with Crippen LogP contribution in [0.25, 0.3) is 0 Å². The van der Waals surface area contributed by atoms with Crippen molar-refractivity contribution in [2.45, 2.75) is 19.8 Å². The van der Waals surface area contributed by atoms with Crippen molar-refractivity contribution in [1.82, 2.24) is 12.3 Å². The Morgan fingerprint density at radius 2 is 1.00 bits per heavy atom. The maximum Gasteiger partial charge on any atom is 0.394 e. The summed E-state index contributed by atoms with van der Waals surface area (Å²) in [7, 11) is -9.33. The minimum absolute atomic E-state index is 0. The molecule has 0 saturated carbocycles. The molecule has 0 fully saturated rings. The first kappa shape index (κ1) is 30.0. The Hall–Kier alpha value is -0.380. The fourth-order valence-electron chi connectivity index (χ4n) is 0.158. The minimum Gasteiger partial charge on any atom is -0.396 e. The van der Waals surface area contributed by atoms with Gasteiger partial charge in [0.1, 0.15) is 0 Å². The molecule has 0 bridgehead atoms. The summed E-state index contributed by atoms with van der Waals surface area (Å²) in [6, 6.07) is 0. The van der Waals surface area contributed by atoms with Gasteiger partial charge in [0.25, 0.3) is 0 Å². The molecule has 0 spiro atoms. The summed E-state index contributed by atoms with van der Waals surface area (Å²) in [5.74, 6) is 0. The van der Waals surface area contributed by atoms with Gasteiger partial charge in [-0.05, 0) is 6.42 Å². The molecule has 0 amide bonds. The molecule has 0 aliphatic rings. The van der Waals surface area contributed by atoms with Crippen molar-refractivity contribution in [2.75, 3.05) is 6.61 Å². The highest BCUT2D eigenvalue weighted by Crippen LogP contribution is 1.78. The number of hydrogen-bond donors (Lipinski definition) is 7. The Balaban J connectivity index is -0.0000000400. The van der Waals surface area contributed by atoms with Crippen molar-refractivity contribution >= 4 is 20.8 Å². The third-order valence-electron chi connectivity index (χ3n) is 0.512. The van der Waals surface area contributed by atoms with E-state index in [0.717, 1.165) is 12.8 Å². The Labute approximate surface area is 100 Å². The van der Waals surface area contributed by atoms with Crippen LogP contribution in [0.4, 0.5) is 0 Å². The molecular weight excluding hydrogens is 284 g/mol. The normalized spacial score (nSPS) is 9.29. The van der Waals surface area contributed by atoms with E-state index in [1.807, 2.05) is 0 Å². The van der Waals surface area contributed by atoms with E-state index in [0.29, 0.717) is 6.61 Å². The van der Waals surface area contributed by atoms with Crippen LogP contribution in [0.2, 0.25) is 0 Å². The third-order valence-corrected chi connectivity index (χ3v) is 0.512. The minimum atomic E-state index is -4.67. The second-order valence-electron chi connectivity index (χ2n) is 1.97. The van der Waals surface area contributed by atoms with Gasteiger partial charge in [-0.1, -0.05) is 13.3 Å². The van der Waals surface area contributed by atoms with E-state index in [4.69, 9.17) is 40.2 Å². The van der Waals surface area contributed by atoms with Crippen LogP contribution in [0, 0.1) is 0 Å². The first-order valence-electron chi connectivity index (χ1n) is 3.42. The summed E-state index contributed by atoms with van der Waals surface area (Å²) in [5, 5.41) is 8.07. The van der Waals surface area contributed by atoms with Crippen LogP contribution in [-0.2, 0) is 20.8 Å². The molecule has 11 N–H and O–H groups in total. The molecule has 0 aromatic rings. The number of unbranched alkanes of at least 4 members (excludes halogenated alkanes) is 1. The number of hydrogen-bond acceptors (Lipinski definition) is 7. The molecule has 0 aliphatic heterocycles. The molecule has 0 rings (SSSR count). The van der Waals surface area contributed by atoms with Gasteiger partial charge in [-0.15, -0.1) is 0 Å². The van der Waals surface area contributed by atoms with Crippen molar-refractivity contribution in [3.8, 4) is 0 Å². The fourth-order valence-corrected chi connectivity index (χ4v) is 0.158. The van der Waals surface area contributed by atoms with E-state index < -0.39 is 20.8 Å². The van der Waals surface area contributed by atoms with Gasteiger partial charge in [0.05, 0.1) is 0 Å². The van der Waals surface area contributed by atoms with Crippen molar-refractivity contribution in [2.24, 2.45) is 0 Å². The van der Waals surface area contributed by atoms with Gasteiger partial charge in [-0.2, -0.15) is 16.8 Å². The van der Waals surface area contributed by atoms with Crippen LogP contribution in [-0.4, -0.2) is 46.8 Å². The molecule has 0 radical (unpaired) electrons. The zero-order valence-corrected chi connectivity index (χ0v) is 10.9.